The van der Waals surface area contributed by atoms with E-state index in [1.54, 1.807) is 18.2 Å². The van der Waals surface area contributed by atoms with E-state index in [9.17, 15) is 24.5 Å². The molecule has 0 radical (unpaired) electrons. The third-order valence-electron chi connectivity index (χ3n) is 6.02. The summed E-state index contributed by atoms with van der Waals surface area (Å²) >= 11 is 1.30. The SMILES string of the molecule is COC(=O)CCCCCC[C@@H]1C(CC[C@@H](O)CSc2ccccc2F)[C@H](O)C[C@@H]1O. The molecular formula is C23H35FO5S. The number of carbonyl (C=O) groups is 1. The van der Waals surface area contributed by atoms with Crippen LogP contribution in [0.2, 0.25) is 0 Å². The van der Waals surface area contributed by atoms with Crippen molar-refractivity contribution in [3.05, 3.63) is 30.1 Å². The molecule has 1 aliphatic rings. The molecule has 7 heteroatoms. The molecule has 1 fully saturated rings. The first kappa shape index (κ1) is 25.1. The molecule has 0 bridgehead atoms. The molecule has 0 heterocycles. The van der Waals surface area contributed by atoms with Gasteiger partial charge >= 0.3 is 5.97 Å². The fourth-order valence-corrected chi connectivity index (χ4v) is 5.22. The maximum absolute atomic E-state index is 13.7. The van der Waals surface area contributed by atoms with Crippen molar-refractivity contribution in [2.24, 2.45) is 11.8 Å². The number of esters is 1. The Balaban J connectivity index is 1.70. The quantitative estimate of drug-likeness (QED) is 0.244. The highest BCUT2D eigenvalue weighted by Gasteiger charge is 2.40. The smallest absolute Gasteiger partial charge is 0.305 e. The van der Waals surface area contributed by atoms with Crippen LogP contribution >= 0.6 is 11.8 Å². The lowest BCUT2D eigenvalue weighted by atomic mass is 9.85. The summed E-state index contributed by atoms with van der Waals surface area (Å²) in [4.78, 5) is 11.6. The first-order valence-electron chi connectivity index (χ1n) is 10.9. The Hall–Kier alpha value is -1.15. The largest absolute Gasteiger partial charge is 0.469 e. The minimum Gasteiger partial charge on any atom is -0.469 e. The lowest BCUT2D eigenvalue weighted by molar-refractivity contribution is -0.140. The summed E-state index contributed by atoms with van der Waals surface area (Å²) in [6.07, 6.45) is 4.85. The Morgan fingerprint density at radius 1 is 1.13 bits per heavy atom. The van der Waals surface area contributed by atoms with Gasteiger partial charge in [-0.2, -0.15) is 0 Å². The zero-order chi connectivity index (χ0) is 21.9. The zero-order valence-electron chi connectivity index (χ0n) is 17.7. The monoisotopic (exact) mass is 442 g/mol. The van der Waals surface area contributed by atoms with E-state index in [2.05, 4.69) is 4.74 Å². The van der Waals surface area contributed by atoms with Crippen molar-refractivity contribution in [3.63, 3.8) is 0 Å². The predicted octanol–water partition coefficient (Wildman–Crippen LogP) is 3.93. The lowest BCUT2D eigenvalue weighted by Gasteiger charge is -2.24. The standard InChI is InChI=1S/C23H35FO5S/c1-29-23(28)11-5-3-2-4-8-17-18(21(27)14-20(17)26)13-12-16(25)15-30-22-10-7-6-9-19(22)24/h6-7,9-10,16-18,20-21,25-27H,2-5,8,11-15H2,1H3/t16-,17-,18?,20+,21-/m1/s1. The minimum absolute atomic E-state index is 0.0248. The first-order chi connectivity index (χ1) is 14.4. The van der Waals surface area contributed by atoms with Crippen LogP contribution in [0.1, 0.15) is 57.8 Å². The molecule has 0 spiro atoms. The Bertz CT molecular complexity index is 644. The molecule has 0 aliphatic heterocycles. The fraction of sp³-hybridized carbons (Fsp3) is 0.696. The number of carbonyl (C=O) groups excluding carboxylic acids is 1. The Morgan fingerprint density at radius 3 is 2.50 bits per heavy atom. The van der Waals surface area contributed by atoms with Crippen molar-refractivity contribution in [2.75, 3.05) is 12.9 Å². The van der Waals surface area contributed by atoms with E-state index in [1.165, 1.54) is 24.9 Å². The summed E-state index contributed by atoms with van der Waals surface area (Å²) in [5.74, 6) is -0.0565. The molecule has 170 valence electrons. The van der Waals surface area contributed by atoms with Crippen LogP contribution in [-0.2, 0) is 9.53 Å². The van der Waals surface area contributed by atoms with E-state index < -0.39 is 18.3 Å². The molecule has 5 atom stereocenters. The van der Waals surface area contributed by atoms with Crippen molar-refractivity contribution in [1.82, 2.24) is 0 Å². The van der Waals surface area contributed by atoms with Gasteiger partial charge in [0, 0.05) is 17.1 Å². The number of halogens is 1. The highest BCUT2D eigenvalue weighted by atomic mass is 32.2. The van der Waals surface area contributed by atoms with Crippen LogP contribution in [0.4, 0.5) is 4.39 Å². The van der Waals surface area contributed by atoms with Crippen molar-refractivity contribution in [1.29, 1.82) is 0 Å². The van der Waals surface area contributed by atoms with Crippen LogP contribution in [0.15, 0.2) is 29.2 Å². The average molecular weight is 443 g/mol. The molecule has 2 rings (SSSR count). The van der Waals surface area contributed by atoms with Gasteiger partial charge in [-0.05, 0) is 56.1 Å². The summed E-state index contributed by atoms with van der Waals surface area (Å²) < 4.78 is 18.3. The summed E-state index contributed by atoms with van der Waals surface area (Å²) in [6, 6.07) is 6.52. The second kappa shape index (κ2) is 13.3. The van der Waals surface area contributed by atoms with E-state index in [4.69, 9.17) is 0 Å². The van der Waals surface area contributed by atoms with E-state index in [0.717, 1.165) is 32.1 Å². The number of aliphatic hydroxyl groups excluding tert-OH is 3. The van der Waals surface area contributed by atoms with Crippen molar-refractivity contribution in [3.8, 4) is 0 Å². The van der Waals surface area contributed by atoms with Crippen LogP contribution in [-0.4, -0.2) is 52.5 Å². The normalized spacial score (nSPS) is 24.7. The molecule has 1 aliphatic carbocycles. The number of hydrogen-bond donors (Lipinski definition) is 3. The maximum Gasteiger partial charge on any atom is 0.305 e. The number of aliphatic hydroxyl groups is 3. The van der Waals surface area contributed by atoms with E-state index in [1.807, 2.05) is 0 Å². The van der Waals surface area contributed by atoms with Gasteiger partial charge in [-0.3, -0.25) is 4.79 Å². The highest BCUT2D eigenvalue weighted by molar-refractivity contribution is 7.99. The molecule has 0 amide bonds. The van der Waals surface area contributed by atoms with Gasteiger partial charge in [0.25, 0.3) is 0 Å². The number of methoxy groups -OCH3 is 1. The molecular weight excluding hydrogens is 407 g/mol. The van der Waals surface area contributed by atoms with E-state index >= 15 is 0 Å². The van der Waals surface area contributed by atoms with Crippen LogP contribution in [0, 0.1) is 17.7 Å². The van der Waals surface area contributed by atoms with Gasteiger partial charge in [0.2, 0.25) is 0 Å². The van der Waals surface area contributed by atoms with Gasteiger partial charge < -0.3 is 20.1 Å². The summed E-state index contributed by atoms with van der Waals surface area (Å²) in [6.45, 7) is 0. The minimum atomic E-state index is -0.585. The van der Waals surface area contributed by atoms with Crippen molar-refractivity contribution >= 4 is 17.7 Å². The number of benzene rings is 1. The number of unbranched alkanes of at least 4 members (excludes halogenated alkanes) is 3. The van der Waals surface area contributed by atoms with Gasteiger partial charge in [0.15, 0.2) is 0 Å². The number of thioether (sulfide) groups is 1. The average Bonchev–Trinajstić information content (AvgIpc) is 3.00. The molecule has 30 heavy (non-hydrogen) atoms. The van der Waals surface area contributed by atoms with Crippen LogP contribution in [0.3, 0.4) is 0 Å². The Labute approximate surface area is 183 Å². The summed E-state index contributed by atoms with van der Waals surface area (Å²) in [5.41, 5.74) is 0. The molecule has 5 nitrogen and oxygen atoms in total. The Kier molecular flexibility index (Phi) is 11.1. The molecule has 0 saturated heterocycles. The Morgan fingerprint density at radius 2 is 1.80 bits per heavy atom. The van der Waals surface area contributed by atoms with Gasteiger partial charge in [0.05, 0.1) is 25.4 Å². The topological polar surface area (TPSA) is 87.0 Å². The van der Waals surface area contributed by atoms with Crippen LogP contribution < -0.4 is 0 Å². The number of rotatable bonds is 13. The van der Waals surface area contributed by atoms with Gasteiger partial charge in [-0.15, -0.1) is 11.8 Å². The second-order valence-corrected chi connectivity index (χ2v) is 9.26. The van der Waals surface area contributed by atoms with Crippen LogP contribution in [0.25, 0.3) is 0 Å². The summed E-state index contributed by atoms with van der Waals surface area (Å²) in [5, 5.41) is 31.0. The second-order valence-electron chi connectivity index (χ2n) is 8.20. The molecule has 3 N–H and O–H groups in total. The van der Waals surface area contributed by atoms with Crippen molar-refractivity contribution in [2.45, 2.75) is 81.0 Å². The number of ether oxygens (including phenoxy) is 1. The van der Waals surface area contributed by atoms with Crippen molar-refractivity contribution < 1.29 is 29.2 Å². The molecule has 1 unspecified atom stereocenters. The first-order valence-corrected chi connectivity index (χ1v) is 11.9. The van der Waals surface area contributed by atoms with E-state index in [0.29, 0.717) is 36.3 Å². The van der Waals surface area contributed by atoms with Crippen LogP contribution in [0.5, 0.6) is 0 Å². The van der Waals surface area contributed by atoms with Gasteiger partial charge in [0.1, 0.15) is 5.82 Å². The molecule has 1 aromatic carbocycles. The highest BCUT2D eigenvalue weighted by Crippen LogP contribution is 2.39. The fourth-order valence-electron chi connectivity index (χ4n) is 4.30. The van der Waals surface area contributed by atoms with Gasteiger partial charge in [-0.25, -0.2) is 4.39 Å². The molecule has 1 saturated carbocycles. The number of hydrogen-bond acceptors (Lipinski definition) is 6. The van der Waals surface area contributed by atoms with E-state index in [-0.39, 0.29) is 23.6 Å². The van der Waals surface area contributed by atoms with Gasteiger partial charge in [-0.1, -0.05) is 31.4 Å². The predicted molar refractivity (Wildman–Crippen MR) is 116 cm³/mol. The lowest BCUT2D eigenvalue weighted by Crippen LogP contribution is -2.24. The molecule has 0 aromatic heterocycles. The maximum atomic E-state index is 13.7. The molecule has 1 aromatic rings. The third kappa shape index (κ3) is 8.17. The zero-order valence-corrected chi connectivity index (χ0v) is 18.5. The third-order valence-corrected chi connectivity index (χ3v) is 7.21. The summed E-state index contributed by atoms with van der Waals surface area (Å²) in [7, 11) is 1.39.